The van der Waals surface area contributed by atoms with Gasteiger partial charge in [0.25, 0.3) is 0 Å². The van der Waals surface area contributed by atoms with Crippen LogP contribution >= 0.6 is 0 Å². The van der Waals surface area contributed by atoms with Crippen LogP contribution in [-0.2, 0) is 4.79 Å². The Morgan fingerprint density at radius 3 is 2.11 bits per heavy atom. The van der Waals surface area contributed by atoms with Gasteiger partial charge in [0.05, 0.1) is 6.10 Å². The second-order valence-electron chi connectivity index (χ2n) is 1.76. The number of hydrogen-bond acceptors (Lipinski definition) is 3. The van der Waals surface area contributed by atoms with Gasteiger partial charge < -0.3 is 15.3 Å². The molecule has 0 aliphatic carbocycles. The van der Waals surface area contributed by atoms with E-state index in [0.29, 0.717) is 0 Å². The van der Waals surface area contributed by atoms with Gasteiger partial charge in [-0.05, 0) is 6.42 Å². The molecule has 0 aromatic carbocycles. The Labute approximate surface area is 52.7 Å². The minimum Gasteiger partial charge on any atom is -0.479 e. The second-order valence-corrected chi connectivity index (χ2v) is 1.76. The number of carboxylic acid groups (broad SMARTS) is 1. The van der Waals surface area contributed by atoms with E-state index in [4.69, 9.17) is 15.3 Å². The van der Waals surface area contributed by atoms with Crippen molar-refractivity contribution in [3.8, 4) is 0 Å². The summed E-state index contributed by atoms with van der Waals surface area (Å²) in [4.78, 5) is 9.89. The summed E-state index contributed by atoms with van der Waals surface area (Å²) in [5.74, 6) is -1.38. The fourth-order valence-electron chi connectivity index (χ4n) is 0.388. The summed E-state index contributed by atoms with van der Waals surface area (Å²) in [5, 5.41) is 25.3. The molecule has 0 spiro atoms. The summed E-state index contributed by atoms with van der Waals surface area (Å²) >= 11 is 0. The van der Waals surface area contributed by atoms with Gasteiger partial charge in [0.1, 0.15) is 0 Å². The molecule has 54 valence electrons. The van der Waals surface area contributed by atoms with Crippen molar-refractivity contribution in [2.75, 3.05) is 0 Å². The molecule has 0 aromatic rings. The molecule has 0 heterocycles. The molecule has 1 unspecified atom stereocenters. The molecule has 0 aliphatic heterocycles. The molecule has 4 heteroatoms. The number of aliphatic hydroxyl groups excluding tert-OH is 2. The van der Waals surface area contributed by atoms with Crippen LogP contribution < -0.4 is 0 Å². The minimum absolute atomic E-state index is 0.244. The highest BCUT2D eigenvalue weighted by atomic mass is 16.4. The van der Waals surface area contributed by atoms with Gasteiger partial charge in [-0.15, -0.1) is 0 Å². The van der Waals surface area contributed by atoms with Gasteiger partial charge >= 0.3 is 5.97 Å². The summed E-state index contributed by atoms with van der Waals surface area (Å²) < 4.78 is 0. The van der Waals surface area contributed by atoms with E-state index in [1.807, 2.05) is 0 Å². The number of aliphatic hydroxyl groups is 2. The molecular formula is C5H10O4. The van der Waals surface area contributed by atoms with Gasteiger partial charge in [-0.2, -0.15) is 0 Å². The van der Waals surface area contributed by atoms with Gasteiger partial charge in [-0.3, -0.25) is 0 Å². The fourth-order valence-corrected chi connectivity index (χ4v) is 0.388. The van der Waals surface area contributed by atoms with Crippen molar-refractivity contribution >= 4 is 5.97 Å². The van der Waals surface area contributed by atoms with E-state index < -0.39 is 18.2 Å². The lowest BCUT2D eigenvalue weighted by Gasteiger charge is -2.09. The van der Waals surface area contributed by atoms with Gasteiger partial charge in [0.2, 0.25) is 0 Å². The van der Waals surface area contributed by atoms with E-state index in [2.05, 4.69) is 0 Å². The topological polar surface area (TPSA) is 77.8 Å². The Hall–Kier alpha value is -0.610. The monoisotopic (exact) mass is 134 g/mol. The highest BCUT2D eigenvalue weighted by Gasteiger charge is 2.20. The average molecular weight is 134 g/mol. The smallest absolute Gasteiger partial charge is 0.335 e. The van der Waals surface area contributed by atoms with Crippen LogP contribution in [0.5, 0.6) is 0 Å². The number of carbonyl (C=O) groups is 1. The van der Waals surface area contributed by atoms with Crippen LogP contribution in [0.4, 0.5) is 0 Å². The van der Waals surface area contributed by atoms with Crippen LogP contribution in [-0.4, -0.2) is 33.5 Å². The molecule has 0 aromatic heterocycles. The zero-order chi connectivity index (χ0) is 7.44. The zero-order valence-corrected chi connectivity index (χ0v) is 5.11. The van der Waals surface area contributed by atoms with Gasteiger partial charge in [0.15, 0.2) is 6.10 Å². The summed E-state index contributed by atoms with van der Waals surface area (Å²) in [5.41, 5.74) is 0. The van der Waals surface area contributed by atoms with E-state index in [-0.39, 0.29) is 6.42 Å². The van der Waals surface area contributed by atoms with Gasteiger partial charge in [0, 0.05) is 0 Å². The number of carboxylic acids is 1. The van der Waals surface area contributed by atoms with Crippen molar-refractivity contribution in [1.29, 1.82) is 0 Å². The molecule has 0 amide bonds. The minimum atomic E-state index is -1.64. The lowest BCUT2D eigenvalue weighted by atomic mass is 10.2. The Kier molecular flexibility index (Phi) is 3.19. The summed E-state index contributed by atoms with van der Waals surface area (Å²) in [7, 11) is 0. The van der Waals surface area contributed by atoms with Crippen molar-refractivity contribution < 1.29 is 20.1 Å². The Morgan fingerprint density at radius 2 is 2.00 bits per heavy atom. The normalized spacial score (nSPS) is 16.8. The molecule has 0 rings (SSSR count). The predicted molar refractivity (Wildman–Crippen MR) is 29.9 cm³/mol. The molecule has 3 N–H and O–H groups in total. The summed E-state index contributed by atoms with van der Waals surface area (Å²) in [6.45, 7) is 1.59. The van der Waals surface area contributed by atoms with Crippen molar-refractivity contribution in [2.24, 2.45) is 0 Å². The van der Waals surface area contributed by atoms with Crippen molar-refractivity contribution in [2.45, 2.75) is 25.6 Å². The maximum absolute atomic E-state index is 9.89. The van der Waals surface area contributed by atoms with E-state index in [0.717, 1.165) is 0 Å². The largest absolute Gasteiger partial charge is 0.479 e. The van der Waals surface area contributed by atoms with Gasteiger partial charge in [-0.25, -0.2) is 4.79 Å². The lowest BCUT2D eigenvalue weighted by molar-refractivity contribution is -0.152. The maximum Gasteiger partial charge on any atom is 0.335 e. The van der Waals surface area contributed by atoms with E-state index >= 15 is 0 Å². The number of aliphatic carboxylic acids is 1. The van der Waals surface area contributed by atoms with Crippen LogP contribution in [0, 0.1) is 0 Å². The van der Waals surface area contributed by atoms with Crippen LogP contribution in [0.15, 0.2) is 0 Å². The SMILES string of the molecule is CC[C@@H](O)C(O)C(=O)O. The van der Waals surface area contributed by atoms with E-state index in [1.165, 1.54) is 0 Å². The maximum atomic E-state index is 9.89. The third-order valence-electron chi connectivity index (χ3n) is 1.04. The molecule has 0 bridgehead atoms. The fraction of sp³-hybridized carbons (Fsp3) is 0.800. The van der Waals surface area contributed by atoms with Crippen LogP contribution in [0.1, 0.15) is 13.3 Å². The molecule has 0 aliphatic rings. The predicted octanol–water partition coefficient (Wildman–Crippen LogP) is -0.797. The van der Waals surface area contributed by atoms with Crippen LogP contribution in [0.2, 0.25) is 0 Å². The lowest BCUT2D eigenvalue weighted by Crippen LogP contribution is -2.32. The van der Waals surface area contributed by atoms with Crippen LogP contribution in [0.25, 0.3) is 0 Å². The number of rotatable bonds is 3. The van der Waals surface area contributed by atoms with Crippen molar-refractivity contribution in [3.63, 3.8) is 0 Å². The molecule has 9 heavy (non-hydrogen) atoms. The Morgan fingerprint density at radius 1 is 1.56 bits per heavy atom. The summed E-state index contributed by atoms with van der Waals surface area (Å²) in [6.07, 6.45) is -2.55. The van der Waals surface area contributed by atoms with Gasteiger partial charge in [-0.1, -0.05) is 6.92 Å². The first-order valence-electron chi connectivity index (χ1n) is 2.68. The second kappa shape index (κ2) is 3.42. The molecular weight excluding hydrogens is 124 g/mol. The van der Waals surface area contributed by atoms with Crippen molar-refractivity contribution in [1.82, 2.24) is 0 Å². The third kappa shape index (κ3) is 2.43. The molecule has 0 radical (unpaired) electrons. The molecule has 0 saturated heterocycles. The average Bonchev–Trinajstić information content (AvgIpc) is 1.84. The Bertz CT molecular complexity index is 101. The molecule has 4 nitrogen and oxygen atoms in total. The zero-order valence-electron chi connectivity index (χ0n) is 5.11. The number of hydrogen-bond donors (Lipinski definition) is 3. The standard InChI is InChI=1S/C5H10O4/c1-2-3(6)4(7)5(8)9/h3-4,6-7H,2H2,1H3,(H,8,9)/t3-,4?/m1/s1. The summed E-state index contributed by atoms with van der Waals surface area (Å²) in [6, 6.07) is 0. The van der Waals surface area contributed by atoms with Crippen LogP contribution in [0.3, 0.4) is 0 Å². The van der Waals surface area contributed by atoms with Crippen molar-refractivity contribution in [3.05, 3.63) is 0 Å². The molecule has 0 fully saturated rings. The van der Waals surface area contributed by atoms with E-state index in [9.17, 15) is 4.79 Å². The third-order valence-corrected chi connectivity index (χ3v) is 1.04. The highest BCUT2D eigenvalue weighted by Crippen LogP contribution is 1.96. The molecule has 0 saturated carbocycles. The highest BCUT2D eigenvalue weighted by molar-refractivity contribution is 5.72. The quantitative estimate of drug-likeness (QED) is 0.472. The first kappa shape index (κ1) is 8.39. The molecule has 2 atom stereocenters. The first-order valence-corrected chi connectivity index (χ1v) is 2.68. The first-order chi connectivity index (χ1) is 4.09. The van der Waals surface area contributed by atoms with E-state index in [1.54, 1.807) is 6.92 Å². The Balaban J connectivity index is 3.72.